The summed E-state index contributed by atoms with van der Waals surface area (Å²) in [6, 6.07) is 16.5. The van der Waals surface area contributed by atoms with Crippen LogP contribution >= 0.6 is 0 Å². The molecule has 5 nitrogen and oxygen atoms in total. The average molecular weight is 425 g/mol. The molecule has 0 unspecified atom stereocenters. The fourth-order valence-electron chi connectivity index (χ4n) is 4.37. The minimum Gasteiger partial charge on any atom is -0.492 e. The van der Waals surface area contributed by atoms with E-state index in [1.165, 1.54) is 37.1 Å². The van der Waals surface area contributed by atoms with Crippen molar-refractivity contribution in [2.45, 2.75) is 44.8 Å². The van der Waals surface area contributed by atoms with Gasteiger partial charge in [-0.15, -0.1) is 0 Å². The van der Waals surface area contributed by atoms with Crippen LogP contribution < -0.4 is 9.47 Å². The van der Waals surface area contributed by atoms with Gasteiger partial charge in [0.2, 0.25) is 0 Å². The third-order valence-corrected chi connectivity index (χ3v) is 6.52. The molecule has 0 aliphatic carbocycles. The van der Waals surface area contributed by atoms with Crippen molar-refractivity contribution in [3.63, 3.8) is 0 Å². The number of benzene rings is 2. The number of hydrogen-bond donors (Lipinski definition) is 1. The fraction of sp³-hybridized carbons (Fsp3) is 0.538. The molecule has 31 heavy (non-hydrogen) atoms. The lowest BCUT2D eigenvalue weighted by Gasteiger charge is -2.38. The van der Waals surface area contributed by atoms with Gasteiger partial charge in [0.25, 0.3) is 0 Å². The van der Waals surface area contributed by atoms with Crippen LogP contribution in [-0.4, -0.2) is 66.4 Å². The molecule has 0 amide bonds. The molecule has 2 saturated heterocycles. The molecular weight excluding hydrogens is 388 g/mol. The summed E-state index contributed by atoms with van der Waals surface area (Å²) in [6.07, 6.45) is 4.11. The van der Waals surface area contributed by atoms with E-state index >= 15 is 0 Å². The van der Waals surface area contributed by atoms with Gasteiger partial charge < -0.3 is 14.6 Å². The van der Waals surface area contributed by atoms with Gasteiger partial charge in [-0.2, -0.15) is 0 Å². The molecule has 2 aromatic carbocycles. The Labute approximate surface area is 186 Å². The summed E-state index contributed by atoms with van der Waals surface area (Å²) in [5.74, 6) is 1.77. The highest BCUT2D eigenvalue weighted by molar-refractivity contribution is 5.28. The predicted molar refractivity (Wildman–Crippen MR) is 124 cm³/mol. The summed E-state index contributed by atoms with van der Waals surface area (Å²) in [6.45, 7) is 9.28. The third kappa shape index (κ3) is 6.70. The van der Waals surface area contributed by atoms with Crippen LogP contribution in [0.1, 0.15) is 36.8 Å². The van der Waals surface area contributed by atoms with Crippen LogP contribution in [-0.2, 0) is 6.54 Å². The van der Waals surface area contributed by atoms with Gasteiger partial charge in [-0.1, -0.05) is 29.8 Å². The maximum Gasteiger partial charge on any atom is 0.119 e. The van der Waals surface area contributed by atoms with Crippen LogP contribution in [0.15, 0.2) is 48.5 Å². The summed E-state index contributed by atoms with van der Waals surface area (Å²) in [4.78, 5) is 4.88. The number of rotatable bonds is 9. The smallest absolute Gasteiger partial charge is 0.119 e. The lowest BCUT2D eigenvalue weighted by atomic mass is 9.92. The largest absolute Gasteiger partial charge is 0.492 e. The van der Waals surface area contributed by atoms with Crippen molar-refractivity contribution in [3.05, 3.63) is 59.7 Å². The van der Waals surface area contributed by atoms with Crippen LogP contribution in [0.3, 0.4) is 0 Å². The number of likely N-dealkylation sites (tertiary alicyclic amines) is 2. The Morgan fingerprint density at radius 3 is 2.10 bits per heavy atom. The van der Waals surface area contributed by atoms with E-state index in [0.717, 1.165) is 57.1 Å². The van der Waals surface area contributed by atoms with Crippen molar-refractivity contribution in [2.75, 3.05) is 45.9 Å². The highest BCUT2D eigenvalue weighted by Gasteiger charge is 2.33. The quantitative estimate of drug-likeness (QED) is 0.662. The van der Waals surface area contributed by atoms with Gasteiger partial charge >= 0.3 is 0 Å². The molecular formula is C26H36N2O3. The Balaban J connectivity index is 1.17. The number of nitrogens with zero attached hydrogens (tertiary/aromatic N) is 2. The van der Waals surface area contributed by atoms with E-state index in [1.54, 1.807) is 0 Å². The first-order valence-corrected chi connectivity index (χ1v) is 11.7. The molecule has 2 aromatic rings. The first-order valence-electron chi connectivity index (χ1n) is 11.7. The maximum atomic E-state index is 10.9. The summed E-state index contributed by atoms with van der Waals surface area (Å²) in [5, 5.41) is 10.9. The Morgan fingerprint density at radius 2 is 1.42 bits per heavy atom. The van der Waals surface area contributed by atoms with Crippen molar-refractivity contribution < 1.29 is 14.6 Å². The second kappa shape index (κ2) is 10.5. The van der Waals surface area contributed by atoms with E-state index in [4.69, 9.17) is 9.47 Å². The minimum atomic E-state index is -0.742. The van der Waals surface area contributed by atoms with E-state index in [0.29, 0.717) is 6.61 Å². The molecule has 2 heterocycles. The zero-order valence-corrected chi connectivity index (χ0v) is 18.8. The molecule has 0 bridgehead atoms. The number of aryl methyl sites for hydroxylation is 1. The SMILES string of the molecule is Cc1ccc(OCC2(O)CCN(Cc3ccc(OCCN4CCCC4)cc3)CC2)cc1. The van der Waals surface area contributed by atoms with Gasteiger partial charge in [0.15, 0.2) is 0 Å². The molecule has 0 aromatic heterocycles. The number of hydrogen-bond acceptors (Lipinski definition) is 5. The Morgan fingerprint density at radius 1 is 0.806 bits per heavy atom. The second-order valence-electron chi connectivity index (χ2n) is 9.14. The molecule has 168 valence electrons. The van der Waals surface area contributed by atoms with E-state index in [1.807, 2.05) is 24.3 Å². The number of piperidine rings is 1. The van der Waals surface area contributed by atoms with Gasteiger partial charge in [0, 0.05) is 26.2 Å². The zero-order chi connectivity index (χ0) is 21.5. The highest BCUT2D eigenvalue weighted by atomic mass is 16.5. The molecule has 0 spiro atoms. The Kier molecular flexibility index (Phi) is 7.49. The van der Waals surface area contributed by atoms with Crippen molar-refractivity contribution in [1.29, 1.82) is 0 Å². The van der Waals surface area contributed by atoms with Crippen molar-refractivity contribution in [1.82, 2.24) is 9.80 Å². The monoisotopic (exact) mass is 424 g/mol. The second-order valence-corrected chi connectivity index (χ2v) is 9.14. The number of aliphatic hydroxyl groups is 1. The predicted octanol–water partition coefficient (Wildman–Crippen LogP) is 3.88. The van der Waals surface area contributed by atoms with E-state index in [2.05, 4.69) is 41.0 Å². The van der Waals surface area contributed by atoms with E-state index < -0.39 is 5.60 Å². The van der Waals surface area contributed by atoms with Crippen molar-refractivity contribution in [3.8, 4) is 11.5 Å². The van der Waals surface area contributed by atoms with E-state index in [-0.39, 0.29) is 0 Å². The number of ether oxygens (including phenoxy) is 2. The van der Waals surface area contributed by atoms with E-state index in [9.17, 15) is 5.11 Å². The normalized spacial score (nSPS) is 19.4. The van der Waals surface area contributed by atoms with Gasteiger partial charge in [0.1, 0.15) is 30.3 Å². The summed E-state index contributed by atoms with van der Waals surface area (Å²) in [5.41, 5.74) is 1.75. The molecule has 2 aliphatic heterocycles. The molecule has 1 N–H and O–H groups in total. The fourth-order valence-corrected chi connectivity index (χ4v) is 4.37. The first-order chi connectivity index (χ1) is 15.1. The first kappa shape index (κ1) is 22.1. The molecule has 5 heteroatoms. The molecule has 2 fully saturated rings. The van der Waals surface area contributed by atoms with Crippen LogP contribution in [0, 0.1) is 6.92 Å². The van der Waals surface area contributed by atoms with Gasteiger partial charge in [-0.05, 0) is 75.5 Å². The Hall–Kier alpha value is -2.08. The lowest BCUT2D eigenvalue weighted by Crippen LogP contribution is -2.47. The molecule has 2 aliphatic rings. The minimum absolute atomic E-state index is 0.355. The van der Waals surface area contributed by atoms with Gasteiger partial charge in [-0.25, -0.2) is 0 Å². The maximum absolute atomic E-state index is 10.9. The summed E-state index contributed by atoms with van der Waals surface area (Å²) < 4.78 is 11.8. The lowest BCUT2D eigenvalue weighted by molar-refractivity contribution is -0.0537. The zero-order valence-electron chi connectivity index (χ0n) is 18.8. The average Bonchev–Trinajstić information content (AvgIpc) is 3.30. The van der Waals surface area contributed by atoms with Crippen LogP contribution in [0.25, 0.3) is 0 Å². The van der Waals surface area contributed by atoms with Crippen molar-refractivity contribution in [2.24, 2.45) is 0 Å². The van der Waals surface area contributed by atoms with Crippen LogP contribution in [0.4, 0.5) is 0 Å². The molecule has 0 radical (unpaired) electrons. The van der Waals surface area contributed by atoms with Crippen molar-refractivity contribution >= 4 is 0 Å². The molecule has 0 saturated carbocycles. The Bertz CT molecular complexity index is 792. The molecule has 4 rings (SSSR count). The molecule has 0 atom stereocenters. The topological polar surface area (TPSA) is 45.2 Å². The summed E-state index contributed by atoms with van der Waals surface area (Å²) in [7, 11) is 0. The van der Waals surface area contributed by atoms with Crippen LogP contribution in [0.2, 0.25) is 0 Å². The van der Waals surface area contributed by atoms with Crippen LogP contribution in [0.5, 0.6) is 11.5 Å². The third-order valence-electron chi connectivity index (χ3n) is 6.52. The summed E-state index contributed by atoms with van der Waals surface area (Å²) >= 11 is 0. The standard InChI is InChI=1S/C26H36N2O3/c1-22-4-8-25(9-5-22)31-21-26(29)12-16-28(17-13-26)20-23-6-10-24(11-7-23)30-19-18-27-14-2-3-15-27/h4-11,29H,2-3,12-21H2,1H3. The highest BCUT2D eigenvalue weighted by Crippen LogP contribution is 2.25. The van der Waals surface area contributed by atoms with Gasteiger partial charge in [-0.3, -0.25) is 9.80 Å². The van der Waals surface area contributed by atoms with Gasteiger partial charge in [0.05, 0.1) is 0 Å².